The van der Waals surface area contributed by atoms with Crippen LogP contribution in [0.2, 0.25) is 0 Å². The Kier molecular flexibility index (Phi) is 5.22. The molecule has 2 N–H and O–H groups in total. The molecule has 0 bridgehead atoms. The van der Waals surface area contributed by atoms with Crippen LogP contribution >= 0.6 is 0 Å². The molecule has 2 fully saturated rings. The highest BCUT2D eigenvalue weighted by molar-refractivity contribution is 5.79. The van der Waals surface area contributed by atoms with Gasteiger partial charge in [-0.1, -0.05) is 25.7 Å². The molecule has 0 heterocycles. The molecule has 0 amide bonds. The van der Waals surface area contributed by atoms with Crippen LogP contribution in [-0.4, -0.2) is 36.4 Å². The van der Waals surface area contributed by atoms with E-state index >= 15 is 0 Å². The number of carboxylic acid groups (broad SMARTS) is 1. The summed E-state index contributed by atoms with van der Waals surface area (Å²) in [6.45, 7) is 0.823. The summed E-state index contributed by atoms with van der Waals surface area (Å²) in [4.78, 5) is 11.3. The van der Waals surface area contributed by atoms with Gasteiger partial charge in [-0.05, 0) is 38.6 Å². The van der Waals surface area contributed by atoms with E-state index in [0.717, 1.165) is 13.0 Å². The maximum absolute atomic E-state index is 11.3. The molecule has 0 aromatic carbocycles. The van der Waals surface area contributed by atoms with Gasteiger partial charge in [0, 0.05) is 13.0 Å². The molecule has 0 aromatic heterocycles. The Hall–Kier alpha value is -0.610. The average molecular weight is 269 g/mol. The van der Waals surface area contributed by atoms with Gasteiger partial charge < -0.3 is 15.2 Å². The third-order valence-electron chi connectivity index (χ3n) is 4.90. The van der Waals surface area contributed by atoms with Crippen molar-refractivity contribution in [1.29, 1.82) is 0 Å². The zero-order valence-electron chi connectivity index (χ0n) is 12.0. The highest BCUT2D eigenvalue weighted by Gasteiger charge is 2.44. The smallest absolute Gasteiger partial charge is 0.323 e. The van der Waals surface area contributed by atoms with Crippen molar-refractivity contribution in [1.82, 2.24) is 5.32 Å². The highest BCUT2D eigenvalue weighted by Crippen LogP contribution is 2.33. The van der Waals surface area contributed by atoms with Crippen molar-refractivity contribution in [2.45, 2.75) is 69.4 Å². The molecule has 4 heteroatoms. The van der Waals surface area contributed by atoms with Gasteiger partial charge in [0.2, 0.25) is 0 Å². The van der Waals surface area contributed by atoms with Crippen LogP contribution in [0.1, 0.15) is 57.8 Å². The Labute approximate surface area is 115 Å². The molecule has 2 saturated carbocycles. The molecule has 19 heavy (non-hydrogen) atoms. The van der Waals surface area contributed by atoms with Crippen molar-refractivity contribution >= 4 is 5.97 Å². The molecule has 0 spiro atoms. The van der Waals surface area contributed by atoms with E-state index in [1.165, 1.54) is 38.5 Å². The monoisotopic (exact) mass is 269 g/mol. The van der Waals surface area contributed by atoms with Crippen molar-refractivity contribution in [3.05, 3.63) is 0 Å². The Bertz CT molecular complexity index is 300. The summed E-state index contributed by atoms with van der Waals surface area (Å²) in [6, 6.07) is 0. The quantitative estimate of drug-likeness (QED) is 0.753. The fraction of sp³-hybridized carbons (Fsp3) is 0.933. The normalized spacial score (nSPS) is 33.2. The second-order valence-electron chi connectivity index (χ2n) is 6.19. The van der Waals surface area contributed by atoms with Crippen LogP contribution in [-0.2, 0) is 9.53 Å². The largest absolute Gasteiger partial charge is 0.480 e. The summed E-state index contributed by atoms with van der Waals surface area (Å²) < 4.78 is 6.00. The molecule has 0 aromatic rings. The first kappa shape index (κ1) is 14.8. The minimum atomic E-state index is -0.756. The van der Waals surface area contributed by atoms with E-state index in [1.807, 2.05) is 0 Å². The number of hydrogen-bond donors (Lipinski definition) is 2. The predicted molar refractivity (Wildman–Crippen MR) is 74.2 cm³/mol. The first-order valence-corrected chi connectivity index (χ1v) is 7.70. The zero-order chi connectivity index (χ0) is 13.7. The average Bonchev–Trinajstić information content (AvgIpc) is 2.66. The van der Waals surface area contributed by atoms with E-state index < -0.39 is 11.5 Å². The van der Waals surface area contributed by atoms with Gasteiger partial charge in [-0.15, -0.1) is 0 Å². The standard InChI is InChI=1S/C15H27NO3/c1-16-15(14(17)18)9-8-13(10-15)19-11-12-6-4-2-3-5-7-12/h12-13,16H,2-11H2,1H3,(H,17,18). The lowest BCUT2D eigenvalue weighted by atomic mass is 9.98. The van der Waals surface area contributed by atoms with Gasteiger partial charge in [-0.2, -0.15) is 0 Å². The van der Waals surface area contributed by atoms with Gasteiger partial charge >= 0.3 is 5.97 Å². The van der Waals surface area contributed by atoms with Gasteiger partial charge in [0.1, 0.15) is 5.54 Å². The molecular formula is C15H27NO3. The van der Waals surface area contributed by atoms with E-state index in [2.05, 4.69) is 5.32 Å². The highest BCUT2D eigenvalue weighted by atomic mass is 16.5. The van der Waals surface area contributed by atoms with Gasteiger partial charge in [-0.25, -0.2) is 0 Å². The van der Waals surface area contributed by atoms with E-state index in [0.29, 0.717) is 18.8 Å². The first-order chi connectivity index (χ1) is 9.16. The number of hydrogen-bond acceptors (Lipinski definition) is 3. The molecular weight excluding hydrogens is 242 g/mol. The minimum Gasteiger partial charge on any atom is -0.480 e. The number of rotatable bonds is 5. The Balaban J connectivity index is 1.77. The number of nitrogens with one attached hydrogen (secondary N) is 1. The molecule has 0 saturated heterocycles. The van der Waals surface area contributed by atoms with E-state index in [9.17, 15) is 9.90 Å². The number of carbonyl (C=O) groups is 1. The van der Waals surface area contributed by atoms with Gasteiger partial charge in [0.05, 0.1) is 6.10 Å². The molecule has 2 unspecified atom stereocenters. The van der Waals surface area contributed by atoms with Crippen molar-refractivity contribution in [2.75, 3.05) is 13.7 Å². The third kappa shape index (κ3) is 3.69. The summed E-state index contributed by atoms with van der Waals surface area (Å²) >= 11 is 0. The Morgan fingerprint density at radius 3 is 2.47 bits per heavy atom. The van der Waals surface area contributed by atoms with Gasteiger partial charge in [0.15, 0.2) is 0 Å². The van der Waals surface area contributed by atoms with Gasteiger partial charge in [-0.3, -0.25) is 4.79 Å². The molecule has 0 radical (unpaired) electrons. The lowest BCUT2D eigenvalue weighted by molar-refractivity contribution is -0.144. The second kappa shape index (κ2) is 6.71. The van der Waals surface area contributed by atoms with Gasteiger partial charge in [0.25, 0.3) is 0 Å². The lowest BCUT2D eigenvalue weighted by Gasteiger charge is -2.24. The molecule has 2 rings (SSSR count). The Morgan fingerprint density at radius 2 is 1.95 bits per heavy atom. The minimum absolute atomic E-state index is 0.117. The maximum atomic E-state index is 11.3. The number of likely N-dealkylation sites (N-methyl/N-ethyl adjacent to an activating group) is 1. The van der Waals surface area contributed by atoms with Crippen LogP contribution < -0.4 is 5.32 Å². The summed E-state index contributed by atoms with van der Waals surface area (Å²) in [6.07, 6.45) is 10.2. The van der Waals surface area contributed by atoms with Crippen molar-refractivity contribution < 1.29 is 14.6 Å². The van der Waals surface area contributed by atoms with E-state index in [-0.39, 0.29) is 6.10 Å². The second-order valence-corrected chi connectivity index (χ2v) is 6.19. The lowest BCUT2D eigenvalue weighted by Crippen LogP contribution is -2.48. The molecule has 2 atom stereocenters. The van der Waals surface area contributed by atoms with Crippen molar-refractivity contribution in [3.8, 4) is 0 Å². The summed E-state index contributed by atoms with van der Waals surface area (Å²) in [7, 11) is 1.74. The number of carboxylic acids is 1. The van der Waals surface area contributed by atoms with E-state index in [4.69, 9.17) is 4.74 Å². The molecule has 0 aliphatic heterocycles. The van der Waals surface area contributed by atoms with Crippen LogP contribution in [0.4, 0.5) is 0 Å². The number of aliphatic carboxylic acids is 1. The number of ether oxygens (including phenoxy) is 1. The van der Waals surface area contributed by atoms with Crippen LogP contribution in [0, 0.1) is 5.92 Å². The molecule has 110 valence electrons. The third-order valence-corrected chi connectivity index (χ3v) is 4.90. The van der Waals surface area contributed by atoms with Crippen LogP contribution in [0.25, 0.3) is 0 Å². The topological polar surface area (TPSA) is 58.6 Å². The van der Waals surface area contributed by atoms with Crippen LogP contribution in [0.15, 0.2) is 0 Å². The molecule has 2 aliphatic rings. The van der Waals surface area contributed by atoms with Crippen LogP contribution in [0.3, 0.4) is 0 Å². The fourth-order valence-electron chi connectivity index (χ4n) is 3.47. The molecule has 2 aliphatic carbocycles. The predicted octanol–water partition coefficient (Wildman–Crippen LogP) is 2.57. The fourth-order valence-corrected chi connectivity index (χ4v) is 3.47. The van der Waals surface area contributed by atoms with E-state index in [1.54, 1.807) is 7.05 Å². The zero-order valence-corrected chi connectivity index (χ0v) is 12.0. The van der Waals surface area contributed by atoms with Crippen molar-refractivity contribution in [3.63, 3.8) is 0 Å². The maximum Gasteiger partial charge on any atom is 0.323 e. The summed E-state index contributed by atoms with van der Waals surface area (Å²) in [5.41, 5.74) is -0.756. The van der Waals surface area contributed by atoms with Crippen molar-refractivity contribution in [2.24, 2.45) is 5.92 Å². The molecule has 4 nitrogen and oxygen atoms in total. The van der Waals surface area contributed by atoms with Crippen LogP contribution in [0.5, 0.6) is 0 Å². The Morgan fingerprint density at radius 1 is 1.26 bits per heavy atom. The first-order valence-electron chi connectivity index (χ1n) is 7.70. The summed E-state index contributed by atoms with van der Waals surface area (Å²) in [5, 5.41) is 12.3. The SMILES string of the molecule is CNC1(C(=O)O)CCC(OCC2CCCCCC2)C1. The summed E-state index contributed by atoms with van der Waals surface area (Å²) in [5.74, 6) is -0.0486.